The van der Waals surface area contributed by atoms with Crippen molar-refractivity contribution in [1.82, 2.24) is 4.90 Å². The number of phenolic OH excluding ortho intramolecular Hbond substituents is 1. The minimum atomic E-state index is -0.0651. The second kappa shape index (κ2) is 8.75. The van der Waals surface area contributed by atoms with E-state index in [0.29, 0.717) is 23.5 Å². The largest absolute Gasteiger partial charge is 0.506 e. The normalized spacial score (nSPS) is 14.6. The van der Waals surface area contributed by atoms with Crippen LogP contribution < -0.4 is 15.1 Å². The zero-order valence-corrected chi connectivity index (χ0v) is 16.3. The van der Waals surface area contributed by atoms with Crippen molar-refractivity contribution in [3.8, 4) is 5.75 Å². The average molecular weight is 383 g/mol. The number of hydrogen-bond acceptors (Lipinski definition) is 4. The maximum absolute atomic E-state index is 12.4. The fourth-order valence-corrected chi connectivity index (χ4v) is 3.36. The molecular weight excluding hydrogens is 356 g/mol. The van der Waals surface area contributed by atoms with Crippen LogP contribution in [0.3, 0.4) is 0 Å². The van der Waals surface area contributed by atoms with Gasteiger partial charge in [-0.05, 0) is 36.4 Å². The topological polar surface area (TPSA) is 77.3 Å². The van der Waals surface area contributed by atoms with Crippen molar-refractivity contribution >= 4 is 23.2 Å². The van der Waals surface area contributed by atoms with E-state index in [9.17, 15) is 14.7 Å². The molecule has 3 N–H and O–H groups in total. The van der Waals surface area contributed by atoms with Crippen LogP contribution in [0, 0.1) is 0 Å². The Morgan fingerprint density at radius 2 is 1.71 bits per heavy atom. The first-order valence-corrected chi connectivity index (χ1v) is 9.42. The van der Waals surface area contributed by atoms with Gasteiger partial charge in [0.1, 0.15) is 5.75 Å². The van der Waals surface area contributed by atoms with Crippen LogP contribution in [0.25, 0.3) is 0 Å². The van der Waals surface area contributed by atoms with Crippen molar-refractivity contribution in [1.29, 1.82) is 0 Å². The SMILES string of the molecule is CN(C)C(=O)c1ccc(NC(=O)C[NH+]2CCN(c3ccccc3O)CC2)cc1. The molecule has 28 heavy (non-hydrogen) atoms. The monoisotopic (exact) mass is 383 g/mol. The number of piperazine rings is 1. The number of benzene rings is 2. The van der Waals surface area contributed by atoms with Crippen molar-refractivity contribution in [2.45, 2.75) is 0 Å². The molecule has 7 heteroatoms. The highest BCUT2D eigenvalue weighted by atomic mass is 16.3. The Balaban J connectivity index is 1.48. The lowest BCUT2D eigenvalue weighted by molar-refractivity contribution is -0.892. The quantitative estimate of drug-likeness (QED) is 0.700. The summed E-state index contributed by atoms with van der Waals surface area (Å²) in [4.78, 5) is 29.1. The van der Waals surface area contributed by atoms with Crippen LogP contribution in [0.15, 0.2) is 48.5 Å². The van der Waals surface area contributed by atoms with Gasteiger partial charge < -0.3 is 25.1 Å². The van der Waals surface area contributed by atoms with Gasteiger partial charge in [-0.3, -0.25) is 9.59 Å². The molecule has 0 unspecified atom stereocenters. The number of nitrogens with zero attached hydrogens (tertiary/aromatic N) is 2. The van der Waals surface area contributed by atoms with Gasteiger partial charge in [0.15, 0.2) is 6.54 Å². The van der Waals surface area contributed by atoms with E-state index in [1.165, 1.54) is 9.80 Å². The summed E-state index contributed by atoms with van der Waals surface area (Å²) in [5.41, 5.74) is 2.12. The summed E-state index contributed by atoms with van der Waals surface area (Å²) < 4.78 is 0. The van der Waals surface area contributed by atoms with Gasteiger partial charge >= 0.3 is 0 Å². The highest BCUT2D eigenvalue weighted by Crippen LogP contribution is 2.25. The molecule has 7 nitrogen and oxygen atoms in total. The van der Waals surface area contributed by atoms with E-state index < -0.39 is 0 Å². The number of para-hydroxylation sites is 2. The standard InChI is InChI=1S/C21H26N4O3/c1-23(2)21(28)16-7-9-17(10-8-16)22-20(27)15-24-11-13-25(14-12-24)18-5-3-4-6-19(18)26/h3-10,26H,11-15H2,1-2H3,(H,22,27)/p+1. The molecule has 2 amide bonds. The predicted molar refractivity (Wildman–Crippen MR) is 109 cm³/mol. The Morgan fingerprint density at radius 1 is 1.07 bits per heavy atom. The molecule has 148 valence electrons. The fourth-order valence-electron chi connectivity index (χ4n) is 3.36. The Hall–Kier alpha value is -3.06. The maximum Gasteiger partial charge on any atom is 0.279 e. The van der Waals surface area contributed by atoms with E-state index in [0.717, 1.165) is 31.9 Å². The van der Waals surface area contributed by atoms with Gasteiger partial charge in [0, 0.05) is 25.3 Å². The van der Waals surface area contributed by atoms with Crippen LogP contribution in [-0.2, 0) is 4.79 Å². The highest BCUT2D eigenvalue weighted by Gasteiger charge is 2.23. The van der Waals surface area contributed by atoms with Crippen LogP contribution >= 0.6 is 0 Å². The Labute approximate surface area is 165 Å². The Morgan fingerprint density at radius 3 is 2.32 bits per heavy atom. The van der Waals surface area contributed by atoms with E-state index in [1.54, 1.807) is 44.4 Å². The van der Waals surface area contributed by atoms with Crippen molar-refractivity contribution in [2.24, 2.45) is 0 Å². The lowest BCUT2D eigenvalue weighted by atomic mass is 10.2. The molecule has 3 rings (SSSR count). The molecule has 2 aromatic rings. The molecule has 1 fully saturated rings. The number of rotatable bonds is 5. The van der Waals surface area contributed by atoms with Gasteiger partial charge in [0.05, 0.1) is 31.9 Å². The number of quaternary nitrogens is 1. The van der Waals surface area contributed by atoms with Crippen molar-refractivity contribution < 1.29 is 19.6 Å². The van der Waals surface area contributed by atoms with E-state index in [2.05, 4.69) is 10.2 Å². The third kappa shape index (κ3) is 4.80. The lowest BCUT2D eigenvalue weighted by Gasteiger charge is -2.33. The lowest BCUT2D eigenvalue weighted by Crippen LogP contribution is -3.15. The van der Waals surface area contributed by atoms with Gasteiger partial charge in [-0.2, -0.15) is 0 Å². The molecule has 0 spiro atoms. The molecular formula is C21H27N4O3+. The van der Waals surface area contributed by atoms with Crippen LogP contribution in [0.4, 0.5) is 11.4 Å². The molecule has 0 aliphatic carbocycles. The molecule has 0 radical (unpaired) electrons. The zero-order chi connectivity index (χ0) is 20.1. The fraction of sp³-hybridized carbons (Fsp3) is 0.333. The average Bonchev–Trinajstić information content (AvgIpc) is 2.69. The first-order valence-electron chi connectivity index (χ1n) is 9.42. The number of phenols is 1. The third-order valence-corrected chi connectivity index (χ3v) is 4.93. The van der Waals surface area contributed by atoms with E-state index in [-0.39, 0.29) is 11.8 Å². The van der Waals surface area contributed by atoms with Crippen molar-refractivity contribution in [3.63, 3.8) is 0 Å². The molecule has 0 saturated carbocycles. The number of hydrogen-bond donors (Lipinski definition) is 3. The molecule has 0 aromatic heterocycles. The maximum atomic E-state index is 12.4. The summed E-state index contributed by atoms with van der Waals surface area (Å²) in [6.45, 7) is 3.64. The summed E-state index contributed by atoms with van der Waals surface area (Å²) in [6.07, 6.45) is 0. The predicted octanol–water partition coefficient (Wildman–Crippen LogP) is 0.438. The summed E-state index contributed by atoms with van der Waals surface area (Å²) in [5.74, 6) is 0.183. The van der Waals surface area contributed by atoms with Gasteiger partial charge in [0.25, 0.3) is 11.8 Å². The Kier molecular flexibility index (Phi) is 6.16. The second-order valence-electron chi connectivity index (χ2n) is 7.23. The van der Waals surface area contributed by atoms with E-state index in [4.69, 9.17) is 0 Å². The van der Waals surface area contributed by atoms with Crippen LogP contribution in [-0.4, -0.2) is 68.6 Å². The number of nitrogens with one attached hydrogen (secondary N) is 2. The molecule has 1 heterocycles. The summed E-state index contributed by atoms with van der Waals surface area (Å²) in [6, 6.07) is 14.3. The van der Waals surface area contributed by atoms with E-state index in [1.807, 2.05) is 18.2 Å². The summed E-state index contributed by atoms with van der Waals surface area (Å²) in [5, 5.41) is 12.9. The van der Waals surface area contributed by atoms with Crippen LogP contribution in [0.5, 0.6) is 5.75 Å². The number of carbonyl (C=O) groups excluding carboxylic acids is 2. The van der Waals surface area contributed by atoms with E-state index >= 15 is 0 Å². The Bertz CT molecular complexity index is 828. The van der Waals surface area contributed by atoms with Crippen LogP contribution in [0.2, 0.25) is 0 Å². The van der Waals surface area contributed by atoms with Gasteiger partial charge in [-0.25, -0.2) is 0 Å². The molecule has 1 saturated heterocycles. The molecule has 0 atom stereocenters. The summed E-state index contributed by atoms with van der Waals surface area (Å²) in [7, 11) is 3.42. The molecule has 1 aliphatic heterocycles. The third-order valence-electron chi connectivity index (χ3n) is 4.93. The van der Waals surface area contributed by atoms with Crippen molar-refractivity contribution in [3.05, 3.63) is 54.1 Å². The second-order valence-corrected chi connectivity index (χ2v) is 7.23. The molecule has 2 aromatic carbocycles. The van der Waals surface area contributed by atoms with Gasteiger partial charge in [0.2, 0.25) is 0 Å². The van der Waals surface area contributed by atoms with Gasteiger partial charge in [-0.1, -0.05) is 12.1 Å². The van der Waals surface area contributed by atoms with Crippen LogP contribution in [0.1, 0.15) is 10.4 Å². The number of aromatic hydroxyl groups is 1. The molecule has 0 bridgehead atoms. The van der Waals surface area contributed by atoms with Gasteiger partial charge in [-0.15, -0.1) is 0 Å². The van der Waals surface area contributed by atoms with Crippen molar-refractivity contribution in [2.75, 3.05) is 57.0 Å². The number of anilines is 2. The number of carbonyl (C=O) groups is 2. The highest BCUT2D eigenvalue weighted by molar-refractivity contribution is 5.95. The first kappa shape index (κ1) is 19.7. The molecule has 1 aliphatic rings. The zero-order valence-electron chi connectivity index (χ0n) is 16.3. The minimum Gasteiger partial charge on any atom is -0.506 e. The minimum absolute atomic E-state index is 0.0438. The first-order chi connectivity index (χ1) is 13.4. The smallest absolute Gasteiger partial charge is 0.279 e. The summed E-state index contributed by atoms with van der Waals surface area (Å²) >= 11 is 0. The number of amides is 2.